The van der Waals surface area contributed by atoms with Gasteiger partial charge in [-0.25, -0.2) is 9.18 Å². The van der Waals surface area contributed by atoms with E-state index in [2.05, 4.69) is 29.1 Å². The molecule has 2 aliphatic rings. The fourth-order valence-electron chi connectivity index (χ4n) is 3.77. The zero-order valence-electron chi connectivity index (χ0n) is 17.0. The zero-order valence-corrected chi connectivity index (χ0v) is 17.0. The SMILES string of the molecule is CC(C)n1ncc2ccc(-c3noc(C4(F)CCN(C(=O)OC5CC5)CC4)n3)cc21. The minimum atomic E-state index is -1.74. The highest BCUT2D eigenvalue weighted by molar-refractivity contribution is 5.83. The number of halogens is 1. The topological polar surface area (TPSA) is 86.3 Å². The number of carbonyl (C=O) groups is 1. The lowest BCUT2D eigenvalue weighted by Gasteiger charge is -2.33. The van der Waals surface area contributed by atoms with E-state index in [4.69, 9.17) is 9.26 Å². The van der Waals surface area contributed by atoms with Crippen LogP contribution in [0.25, 0.3) is 22.3 Å². The molecule has 5 rings (SSSR count). The van der Waals surface area contributed by atoms with Crippen LogP contribution in [0.5, 0.6) is 0 Å². The maximum atomic E-state index is 15.5. The predicted octanol–water partition coefficient (Wildman–Crippen LogP) is 4.23. The first-order chi connectivity index (χ1) is 14.4. The molecule has 30 heavy (non-hydrogen) atoms. The van der Waals surface area contributed by atoms with Crippen molar-refractivity contribution in [1.82, 2.24) is 24.8 Å². The molecule has 2 aromatic heterocycles. The van der Waals surface area contributed by atoms with Gasteiger partial charge >= 0.3 is 6.09 Å². The number of carbonyl (C=O) groups excluding carboxylic acids is 1. The number of amides is 1. The molecule has 2 fully saturated rings. The molecule has 1 saturated heterocycles. The van der Waals surface area contributed by atoms with Crippen LogP contribution in [0.3, 0.4) is 0 Å². The van der Waals surface area contributed by atoms with Gasteiger partial charge in [-0.15, -0.1) is 0 Å². The maximum Gasteiger partial charge on any atom is 0.410 e. The van der Waals surface area contributed by atoms with Gasteiger partial charge in [0.1, 0.15) is 6.10 Å². The number of alkyl halides is 1. The first kappa shape index (κ1) is 19.0. The van der Waals surface area contributed by atoms with E-state index in [1.165, 1.54) is 0 Å². The molecule has 158 valence electrons. The van der Waals surface area contributed by atoms with Gasteiger partial charge < -0.3 is 14.2 Å². The first-order valence-corrected chi connectivity index (χ1v) is 10.4. The van der Waals surface area contributed by atoms with E-state index >= 15 is 4.39 Å². The Morgan fingerprint density at radius 3 is 2.77 bits per heavy atom. The normalized spacial score (nSPS) is 18.9. The van der Waals surface area contributed by atoms with Gasteiger partial charge in [0.2, 0.25) is 5.82 Å². The Morgan fingerprint density at radius 2 is 2.07 bits per heavy atom. The lowest BCUT2D eigenvalue weighted by atomic mass is 9.93. The van der Waals surface area contributed by atoms with Gasteiger partial charge in [-0.1, -0.05) is 17.3 Å². The van der Waals surface area contributed by atoms with Crippen molar-refractivity contribution in [1.29, 1.82) is 0 Å². The van der Waals surface area contributed by atoms with Crippen molar-refractivity contribution in [3.8, 4) is 11.4 Å². The summed E-state index contributed by atoms with van der Waals surface area (Å²) in [6.07, 6.45) is 3.54. The van der Waals surface area contributed by atoms with Crippen molar-refractivity contribution in [3.05, 3.63) is 30.3 Å². The highest BCUT2D eigenvalue weighted by Crippen LogP contribution is 2.37. The summed E-state index contributed by atoms with van der Waals surface area (Å²) < 4.78 is 28.1. The number of ether oxygens (including phenoxy) is 1. The number of aromatic nitrogens is 4. The second-order valence-corrected chi connectivity index (χ2v) is 8.42. The Hall–Kier alpha value is -2.97. The van der Waals surface area contributed by atoms with Crippen LogP contribution in [-0.4, -0.2) is 50.1 Å². The molecule has 3 aromatic rings. The summed E-state index contributed by atoms with van der Waals surface area (Å²) in [5.41, 5.74) is -0.0361. The number of rotatable bonds is 4. The molecule has 1 aliphatic heterocycles. The molecule has 0 unspecified atom stereocenters. The van der Waals surface area contributed by atoms with Crippen LogP contribution in [0.4, 0.5) is 9.18 Å². The molecule has 0 bridgehead atoms. The fourth-order valence-corrected chi connectivity index (χ4v) is 3.77. The van der Waals surface area contributed by atoms with Crippen molar-refractivity contribution in [2.24, 2.45) is 0 Å². The minimum Gasteiger partial charge on any atom is -0.446 e. The summed E-state index contributed by atoms with van der Waals surface area (Å²) in [5, 5.41) is 9.44. The van der Waals surface area contributed by atoms with Crippen LogP contribution in [0.15, 0.2) is 28.9 Å². The smallest absolute Gasteiger partial charge is 0.410 e. The Labute approximate surface area is 173 Å². The van der Waals surface area contributed by atoms with Crippen LogP contribution in [0.1, 0.15) is 51.5 Å². The Balaban J connectivity index is 1.33. The van der Waals surface area contributed by atoms with E-state index < -0.39 is 5.67 Å². The quantitative estimate of drug-likeness (QED) is 0.636. The molecule has 0 atom stereocenters. The third-order valence-corrected chi connectivity index (χ3v) is 5.76. The summed E-state index contributed by atoms with van der Waals surface area (Å²) in [6, 6.07) is 5.98. The summed E-state index contributed by atoms with van der Waals surface area (Å²) in [7, 11) is 0. The average Bonchev–Trinajstić information content (AvgIpc) is 3.24. The summed E-state index contributed by atoms with van der Waals surface area (Å²) in [4.78, 5) is 18.0. The number of nitrogens with zero attached hydrogens (tertiary/aromatic N) is 5. The van der Waals surface area contributed by atoms with E-state index in [-0.39, 0.29) is 50.1 Å². The number of hydrogen-bond donors (Lipinski definition) is 0. The average molecular weight is 413 g/mol. The van der Waals surface area contributed by atoms with Crippen LogP contribution in [0, 0.1) is 0 Å². The molecule has 0 N–H and O–H groups in total. The van der Waals surface area contributed by atoms with Gasteiger partial charge in [0, 0.05) is 42.9 Å². The van der Waals surface area contributed by atoms with Gasteiger partial charge in [0.05, 0.1) is 11.7 Å². The van der Waals surface area contributed by atoms with Gasteiger partial charge in [-0.2, -0.15) is 10.1 Å². The summed E-state index contributed by atoms with van der Waals surface area (Å²) in [5.74, 6) is 0.307. The lowest BCUT2D eigenvalue weighted by molar-refractivity contribution is 0.0200. The van der Waals surface area contributed by atoms with Gasteiger partial charge in [0.25, 0.3) is 5.89 Å². The van der Waals surface area contributed by atoms with Gasteiger partial charge in [0.15, 0.2) is 5.67 Å². The first-order valence-electron chi connectivity index (χ1n) is 10.4. The van der Waals surface area contributed by atoms with E-state index in [1.54, 1.807) is 4.90 Å². The largest absolute Gasteiger partial charge is 0.446 e. The molecule has 0 spiro atoms. The Bertz CT molecular complexity index is 1080. The van der Waals surface area contributed by atoms with E-state index in [0.29, 0.717) is 5.82 Å². The Kier molecular flexibility index (Phi) is 4.48. The fraction of sp³-hybridized carbons (Fsp3) is 0.524. The molecular formula is C21H24FN5O3. The molecule has 1 amide bonds. The van der Waals surface area contributed by atoms with E-state index in [0.717, 1.165) is 29.3 Å². The molecule has 1 saturated carbocycles. The molecular weight excluding hydrogens is 389 g/mol. The Morgan fingerprint density at radius 1 is 1.30 bits per heavy atom. The number of benzene rings is 1. The van der Waals surface area contributed by atoms with Gasteiger partial charge in [-0.3, -0.25) is 4.68 Å². The number of likely N-dealkylation sites (tertiary alicyclic amines) is 1. The molecule has 8 nitrogen and oxygen atoms in total. The van der Waals surface area contributed by atoms with Crippen LogP contribution in [0.2, 0.25) is 0 Å². The predicted molar refractivity (Wildman–Crippen MR) is 107 cm³/mol. The monoisotopic (exact) mass is 413 g/mol. The lowest BCUT2D eigenvalue weighted by Crippen LogP contribution is -2.43. The van der Waals surface area contributed by atoms with Crippen molar-refractivity contribution < 1.29 is 18.4 Å². The number of hydrogen-bond acceptors (Lipinski definition) is 6. The van der Waals surface area contributed by atoms with Crippen molar-refractivity contribution >= 4 is 17.0 Å². The van der Waals surface area contributed by atoms with E-state index in [9.17, 15) is 4.79 Å². The molecule has 1 aromatic carbocycles. The molecule has 1 aliphatic carbocycles. The number of piperidine rings is 1. The van der Waals surface area contributed by atoms with Gasteiger partial charge in [-0.05, 0) is 32.8 Å². The third-order valence-electron chi connectivity index (χ3n) is 5.76. The zero-order chi connectivity index (χ0) is 20.9. The van der Waals surface area contributed by atoms with Crippen molar-refractivity contribution in [3.63, 3.8) is 0 Å². The maximum absolute atomic E-state index is 15.5. The second-order valence-electron chi connectivity index (χ2n) is 8.42. The summed E-state index contributed by atoms with van der Waals surface area (Å²) in [6.45, 7) is 4.65. The third kappa shape index (κ3) is 3.42. The standard InChI is InChI=1S/C21H24FN5O3/c1-13(2)27-17-11-14(3-4-15(17)12-23-27)18-24-19(30-25-18)21(22)7-9-26(10-8-21)20(28)29-16-5-6-16/h3-4,11-13,16H,5-10H2,1-2H3. The number of fused-ring (bicyclic) bond motifs is 1. The molecule has 0 radical (unpaired) electrons. The molecule has 3 heterocycles. The highest BCUT2D eigenvalue weighted by atomic mass is 19.1. The van der Waals surface area contributed by atoms with Crippen molar-refractivity contribution in [2.75, 3.05) is 13.1 Å². The minimum absolute atomic E-state index is 0.0369. The van der Waals surface area contributed by atoms with Crippen LogP contribution < -0.4 is 0 Å². The van der Waals surface area contributed by atoms with Crippen LogP contribution >= 0.6 is 0 Å². The van der Waals surface area contributed by atoms with Crippen molar-refractivity contribution in [2.45, 2.75) is 57.3 Å². The summed E-state index contributed by atoms with van der Waals surface area (Å²) >= 11 is 0. The highest BCUT2D eigenvalue weighted by Gasteiger charge is 2.43. The molecule has 9 heteroatoms. The second kappa shape index (κ2) is 7.07. The van der Waals surface area contributed by atoms with Crippen LogP contribution in [-0.2, 0) is 10.4 Å². The van der Waals surface area contributed by atoms with E-state index in [1.807, 2.05) is 29.1 Å².